The van der Waals surface area contributed by atoms with Crippen LogP contribution in [0.5, 0.6) is 0 Å². The second-order valence-corrected chi connectivity index (χ2v) is 5.10. The number of Topliss-reactive ketones (excluding diaryl/α,β-unsaturated/α-hetero) is 1. The average molecular weight is 221 g/mol. The van der Waals surface area contributed by atoms with Gasteiger partial charge in [-0.25, -0.2) is 0 Å². The third-order valence-electron chi connectivity index (χ3n) is 3.74. The van der Waals surface area contributed by atoms with Crippen LogP contribution in [0.15, 0.2) is 11.6 Å². The molecule has 1 heterocycles. The van der Waals surface area contributed by atoms with Crippen LogP contribution in [0.4, 0.5) is 0 Å². The van der Waals surface area contributed by atoms with Crippen molar-refractivity contribution in [1.29, 1.82) is 0 Å². The molecule has 16 heavy (non-hydrogen) atoms. The number of allylic oxidation sites excluding steroid dienone is 2. The molecule has 2 rings (SSSR count). The maximum absolute atomic E-state index is 12.1. The molecule has 1 unspecified atom stereocenters. The number of hydrogen-bond acceptors (Lipinski definition) is 2. The molecule has 0 bridgehead atoms. The van der Waals surface area contributed by atoms with Gasteiger partial charge < -0.3 is 5.32 Å². The van der Waals surface area contributed by atoms with Gasteiger partial charge in [0.15, 0.2) is 5.78 Å². The minimum absolute atomic E-state index is 0.404. The van der Waals surface area contributed by atoms with Gasteiger partial charge >= 0.3 is 0 Å². The molecule has 2 aliphatic rings. The number of carbonyl (C=O) groups is 1. The third kappa shape index (κ3) is 3.44. The van der Waals surface area contributed by atoms with Crippen LogP contribution in [0, 0.1) is 0 Å². The van der Waals surface area contributed by atoms with E-state index in [9.17, 15) is 4.79 Å². The van der Waals surface area contributed by atoms with E-state index in [1.54, 1.807) is 0 Å². The first-order chi connectivity index (χ1) is 7.86. The summed E-state index contributed by atoms with van der Waals surface area (Å²) in [5.41, 5.74) is 1.12. The SMILES string of the molecule is O=C(CC1CCCN1)C1=CCCCCCC1. The van der Waals surface area contributed by atoms with E-state index in [0.29, 0.717) is 11.8 Å². The molecule has 1 atom stereocenters. The van der Waals surface area contributed by atoms with Crippen molar-refractivity contribution in [1.82, 2.24) is 5.32 Å². The summed E-state index contributed by atoms with van der Waals surface area (Å²) in [6, 6.07) is 0.457. The van der Waals surface area contributed by atoms with E-state index in [-0.39, 0.29) is 0 Å². The van der Waals surface area contributed by atoms with Crippen LogP contribution in [0.3, 0.4) is 0 Å². The Morgan fingerprint density at radius 1 is 1.25 bits per heavy atom. The van der Waals surface area contributed by atoms with Gasteiger partial charge in [0.05, 0.1) is 0 Å². The summed E-state index contributed by atoms with van der Waals surface area (Å²) in [6.07, 6.45) is 12.6. The minimum Gasteiger partial charge on any atom is -0.314 e. The zero-order valence-corrected chi connectivity index (χ0v) is 10.1. The summed E-state index contributed by atoms with van der Waals surface area (Å²) in [7, 11) is 0. The lowest BCUT2D eigenvalue weighted by Crippen LogP contribution is -2.25. The Hall–Kier alpha value is -0.630. The summed E-state index contributed by atoms with van der Waals surface area (Å²) in [5.74, 6) is 0.404. The number of nitrogens with one attached hydrogen (secondary N) is 1. The Labute approximate surface area is 98.5 Å². The van der Waals surface area contributed by atoms with Gasteiger partial charge in [0.1, 0.15) is 0 Å². The largest absolute Gasteiger partial charge is 0.314 e. The second kappa shape index (κ2) is 6.19. The number of hydrogen-bond donors (Lipinski definition) is 1. The standard InChI is InChI=1S/C14H23NO/c16-14(11-13-9-6-10-15-13)12-7-4-2-1-3-5-8-12/h7,13,15H,1-6,8-11H2. The number of ketones is 1. The van der Waals surface area contributed by atoms with Crippen molar-refractivity contribution in [3.8, 4) is 0 Å². The summed E-state index contributed by atoms with van der Waals surface area (Å²) in [4.78, 5) is 12.1. The lowest BCUT2D eigenvalue weighted by atomic mass is 9.94. The average Bonchev–Trinajstić information content (AvgIpc) is 2.69. The van der Waals surface area contributed by atoms with Crippen molar-refractivity contribution >= 4 is 5.78 Å². The fourth-order valence-corrected chi connectivity index (χ4v) is 2.73. The molecule has 90 valence electrons. The summed E-state index contributed by atoms with van der Waals surface area (Å²) < 4.78 is 0. The molecule has 0 aromatic rings. The maximum atomic E-state index is 12.1. The lowest BCUT2D eigenvalue weighted by molar-refractivity contribution is -0.116. The van der Waals surface area contributed by atoms with E-state index in [4.69, 9.17) is 0 Å². The molecule has 1 aliphatic carbocycles. The highest BCUT2D eigenvalue weighted by Gasteiger charge is 2.19. The second-order valence-electron chi connectivity index (χ2n) is 5.10. The first-order valence-corrected chi connectivity index (χ1v) is 6.82. The predicted octanol–water partition coefficient (Wildman–Crippen LogP) is 2.98. The predicted molar refractivity (Wildman–Crippen MR) is 66.4 cm³/mol. The molecule has 0 spiro atoms. The molecule has 1 fully saturated rings. The van der Waals surface area contributed by atoms with E-state index in [2.05, 4.69) is 11.4 Å². The van der Waals surface area contributed by atoms with Crippen molar-refractivity contribution in [3.05, 3.63) is 11.6 Å². The summed E-state index contributed by atoms with van der Waals surface area (Å²) in [5, 5.41) is 3.41. The molecular formula is C14H23NO. The molecule has 2 heteroatoms. The van der Waals surface area contributed by atoms with Crippen molar-refractivity contribution in [2.24, 2.45) is 0 Å². The molecule has 0 amide bonds. The molecule has 1 saturated heterocycles. The van der Waals surface area contributed by atoms with E-state index < -0.39 is 0 Å². The molecule has 1 N–H and O–H groups in total. The zero-order valence-electron chi connectivity index (χ0n) is 10.1. The normalized spacial score (nSPS) is 27.0. The van der Waals surface area contributed by atoms with E-state index in [0.717, 1.165) is 31.4 Å². The Balaban J connectivity index is 1.85. The topological polar surface area (TPSA) is 29.1 Å². The summed E-state index contributed by atoms with van der Waals surface area (Å²) >= 11 is 0. The van der Waals surface area contributed by atoms with Gasteiger partial charge in [0.25, 0.3) is 0 Å². The maximum Gasteiger partial charge on any atom is 0.160 e. The van der Waals surface area contributed by atoms with Gasteiger partial charge in [-0.3, -0.25) is 4.79 Å². The van der Waals surface area contributed by atoms with E-state index in [1.165, 1.54) is 38.5 Å². The van der Waals surface area contributed by atoms with E-state index in [1.807, 2.05) is 0 Å². The smallest absolute Gasteiger partial charge is 0.160 e. The van der Waals surface area contributed by atoms with Crippen molar-refractivity contribution in [2.45, 2.75) is 63.8 Å². The van der Waals surface area contributed by atoms with Gasteiger partial charge in [0, 0.05) is 12.5 Å². The van der Waals surface area contributed by atoms with Gasteiger partial charge in [0.2, 0.25) is 0 Å². The molecular weight excluding hydrogens is 198 g/mol. The highest BCUT2D eigenvalue weighted by molar-refractivity contribution is 5.95. The first-order valence-electron chi connectivity index (χ1n) is 6.82. The number of carbonyl (C=O) groups excluding carboxylic acids is 1. The Kier molecular flexibility index (Phi) is 4.58. The van der Waals surface area contributed by atoms with Crippen molar-refractivity contribution in [2.75, 3.05) is 6.54 Å². The van der Waals surface area contributed by atoms with Crippen LogP contribution in [-0.4, -0.2) is 18.4 Å². The zero-order chi connectivity index (χ0) is 11.2. The molecule has 0 aromatic carbocycles. The molecule has 0 aromatic heterocycles. The van der Waals surface area contributed by atoms with Crippen LogP contribution in [0.2, 0.25) is 0 Å². The lowest BCUT2D eigenvalue weighted by Gasteiger charge is -2.13. The summed E-state index contributed by atoms with van der Waals surface area (Å²) in [6.45, 7) is 1.09. The molecule has 0 radical (unpaired) electrons. The van der Waals surface area contributed by atoms with Crippen LogP contribution >= 0.6 is 0 Å². The monoisotopic (exact) mass is 221 g/mol. The van der Waals surface area contributed by atoms with Crippen molar-refractivity contribution < 1.29 is 4.79 Å². The molecule has 2 nitrogen and oxygen atoms in total. The van der Waals surface area contributed by atoms with Crippen LogP contribution in [0.25, 0.3) is 0 Å². The minimum atomic E-state index is 0.404. The van der Waals surface area contributed by atoms with Crippen molar-refractivity contribution in [3.63, 3.8) is 0 Å². The van der Waals surface area contributed by atoms with Crippen LogP contribution in [-0.2, 0) is 4.79 Å². The highest BCUT2D eigenvalue weighted by Crippen LogP contribution is 2.20. The Morgan fingerprint density at radius 3 is 2.94 bits per heavy atom. The van der Waals surface area contributed by atoms with Gasteiger partial charge in [-0.15, -0.1) is 0 Å². The van der Waals surface area contributed by atoms with Gasteiger partial charge in [-0.1, -0.05) is 18.9 Å². The fraction of sp³-hybridized carbons (Fsp3) is 0.786. The van der Waals surface area contributed by atoms with Gasteiger partial charge in [-0.2, -0.15) is 0 Å². The Bertz CT molecular complexity index is 264. The van der Waals surface area contributed by atoms with Gasteiger partial charge in [-0.05, 0) is 50.6 Å². The Morgan fingerprint density at radius 2 is 2.12 bits per heavy atom. The first kappa shape index (κ1) is 11.8. The quantitative estimate of drug-likeness (QED) is 0.794. The highest BCUT2D eigenvalue weighted by atomic mass is 16.1. The fourth-order valence-electron chi connectivity index (χ4n) is 2.73. The molecule has 0 saturated carbocycles. The third-order valence-corrected chi connectivity index (χ3v) is 3.74. The van der Waals surface area contributed by atoms with E-state index >= 15 is 0 Å². The van der Waals surface area contributed by atoms with Crippen LogP contribution < -0.4 is 5.32 Å². The van der Waals surface area contributed by atoms with Crippen LogP contribution in [0.1, 0.15) is 57.8 Å². The molecule has 1 aliphatic heterocycles. The number of rotatable bonds is 3.